The molecule has 0 saturated carbocycles. The van der Waals surface area contributed by atoms with Gasteiger partial charge in [0, 0.05) is 0 Å². The zero-order valence-corrected chi connectivity index (χ0v) is 7.79. The first-order valence-electron chi connectivity index (χ1n) is 3.16. The standard InChI is InChI=1S/C8H2ClFN2S/c9-6-1-5(3-11)2-7(10)8(6)12-4-13/h1-2H. The van der Waals surface area contributed by atoms with Gasteiger partial charge >= 0.3 is 0 Å². The van der Waals surface area contributed by atoms with Crippen molar-refractivity contribution >= 4 is 34.7 Å². The van der Waals surface area contributed by atoms with Gasteiger partial charge in [-0.3, -0.25) is 0 Å². The van der Waals surface area contributed by atoms with Crippen molar-refractivity contribution in [1.82, 2.24) is 0 Å². The number of benzene rings is 1. The molecule has 0 heterocycles. The number of halogens is 2. The van der Waals surface area contributed by atoms with Gasteiger partial charge in [-0.15, -0.1) is 0 Å². The van der Waals surface area contributed by atoms with Crippen molar-refractivity contribution in [2.75, 3.05) is 0 Å². The Balaban J connectivity index is 3.41. The van der Waals surface area contributed by atoms with E-state index in [0.29, 0.717) is 0 Å². The van der Waals surface area contributed by atoms with Gasteiger partial charge in [0.15, 0.2) is 5.82 Å². The predicted molar refractivity (Wildman–Crippen MR) is 50.8 cm³/mol. The van der Waals surface area contributed by atoms with Crippen molar-refractivity contribution in [2.45, 2.75) is 0 Å². The van der Waals surface area contributed by atoms with E-state index in [0.717, 1.165) is 6.07 Å². The molecule has 0 bridgehead atoms. The van der Waals surface area contributed by atoms with Crippen molar-refractivity contribution in [3.63, 3.8) is 0 Å². The normalized spacial score (nSPS) is 8.69. The van der Waals surface area contributed by atoms with Crippen molar-refractivity contribution < 1.29 is 4.39 Å². The Morgan fingerprint density at radius 3 is 2.69 bits per heavy atom. The lowest BCUT2D eigenvalue weighted by Crippen LogP contribution is -1.81. The quantitative estimate of drug-likeness (QED) is 0.530. The lowest BCUT2D eigenvalue weighted by molar-refractivity contribution is 0.629. The Morgan fingerprint density at radius 2 is 2.23 bits per heavy atom. The Morgan fingerprint density at radius 1 is 1.54 bits per heavy atom. The van der Waals surface area contributed by atoms with E-state index >= 15 is 0 Å². The smallest absolute Gasteiger partial charge is 0.152 e. The molecule has 0 aliphatic heterocycles. The van der Waals surface area contributed by atoms with Crippen molar-refractivity contribution in [3.05, 3.63) is 28.5 Å². The van der Waals surface area contributed by atoms with E-state index in [4.69, 9.17) is 16.9 Å². The van der Waals surface area contributed by atoms with Gasteiger partial charge in [0.1, 0.15) is 5.69 Å². The molecule has 0 aliphatic rings. The van der Waals surface area contributed by atoms with Crippen molar-refractivity contribution in [1.29, 1.82) is 5.26 Å². The zero-order valence-electron chi connectivity index (χ0n) is 6.21. The number of nitrogens with zero attached hydrogens (tertiary/aromatic N) is 2. The minimum Gasteiger partial charge on any atom is -0.204 e. The second-order valence-electron chi connectivity index (χ2n) is 2.10. The van der Waals surface area contributed by atoms with E-state index in [-0.39, 0.29) is 16.3 Å². The van der Waals surface area contributed by atoms with Crippen LogP contribution in [0.1, 0.15) is 5.56 Å². The molecule has 1 aromatic rings. The van der Waals surface area contributed by atoms with Crippen LogP contribution in [-0.4, -0.2) is 5.16 Å². The molecule has 0 unspecified atom stereocenters. The summed E-state index contributed by atoms with van der Waals surface area (Å²) in [7, 11) is 0. The van der Waals surface area contributed by atoms with Gasteiger partial charge in [0.25, 0.3) is 0 Å². The van der Waals surface area contributed by atoms with Crippen LogP contribution >= 0.6 is 23.8 Å². The van der Waals surface area contributed by atoms with Gasteiger partial charge in [-0.1, -0.05) is 11.6 Å². The molecule has 1 rings (SSSR count). The summed E-state index contributed by atoms with van der Waals surface area (Å²) in [4.78, 5) is 3.43. The van der Waals surface area contributed by atoms with E-state index < -0.39 is 5.82 Å². The van der Waals surface area contributed by atoms with Gasteiger partial charge in [-0.25, -0.2) is 4.39 Å². The van der Waals surface area contributed by atoms with Crippen molar-refractivity contribution in [3.8, 4) is 6.07 Å². The number of hydrogen-bond acceptors (Lipinski definition) is 3. The Kier molecular flexibility index (Phi) is 3.10. The fourth-order valence-corrected chi connectivity index (χ4v) is 1.12. The number of isothiocyanates is 1. The summed E-state index contributed by atoms with van der Waals surface area (Å²) in [5.41, 5.74) is 0.0569. The van der Waals surface area contributed by atoms with Crippen LogP contribution in [-0.2, 0) is 0 Å². The molecule has 64 valence electrons. The molecule has 0 fully saturated rings. The molecule has 0 radical (unpaired) electrons. The second-order valence-corrected chi connectivity index (χ2v) is 2.69. The minimum absolute atomic E-state index is 0.0499. The Hall–Kier alpha value is -1.27. The first-order valence-corrected chi connectivity index (χ1v) is 3.94. The molecule has 0 aliphatic carbocycles. The fourth-order valence-electron chi connectivity index (χ4n) is 0.783. The average molecular weight is 213 g/mol. The van der Waals surface area contributed by atoms with Crippen LogP contribution < -0.4 is 0 Å². The maximum absolute atomic E-state index is 13.1. The number of thiocarbonyl (C=S) groups is 1. The second kappa shape index (κ2) is 4.11. The van der Waals surface area contributed by atoms with Gasteiger partial charge in [0.05, 0.1) is 21.8 Å². The lowest BCUT2D eigenvalue weighted by Gasteiger charge is -1.98. The average Bonchev–Trinajstić information content (AvgIpc) is 2.11. The number of rotatable bonds is 1. The SMILES string of the molecule is N#Cc1cc(F)c(N=C=S)c(Cl)c1. The molecule has 0 saturated heterocycles. The molecule has 0 aromatic heterocycles. The van der Waals surface area contributed by atoms with E-state index in [1.54, 1.807) is 6.07 Å². The van der Waals surface area contributed by atoms with E-state index in [2.05, 4.69) is 17.2 Å². The van der Waals surface area contributed by atoms with Crippen LogP contribution in [0.25, 0.3) is 0 Å². The summed E-state index contributed by atoms with van der Waals surface area (Å²) in [6, 6.07) is 4.12. The van der Waals surface area contributed by atoms with Gasteiger partial charge in [0.2, 0.25) is 0 Å². The van der Waals surface area contributed by atoms with Crippen LogP contribution in [0.4, 0.5) is 10.1 Å². The summed E-state index contributed by atoms with van der Waals surface area (Å²) < 4.78 is 13.1. The number of nitriles is 1. The molecule has 0 spiro atoms. The highest BCUT2D eigenvalue weighted by atomic mass is 35.5. The highest BCUT2D eigenvalue weighted by Gasteiger charge is 2.07. The Bertz CT molecular complexity index is 409. The van der Waals surface area contributed by atoms with Gasteiger partial charge < -0.3 is 0 Å². The van der Waals surface area contributed by atoms with E-state index in [9.17, 15) is 4.39 Å². The summed E-state index contributed by atoms with van der Waals surface area (Å²) in [6.45, 7) is 0. The number of hydrogen-bond donors (Lipinski definition) is 0. The Labute approximate surface area is 84.3 Å². The van der Waals surface area contributed by atoms with E-state index in [1.165, 1.54) is 6.07 Å². The molecule has 0 amide bonds. The minimum atomic E-state index is -0.679. The molecule has 2 nitrogen and oxygen atoms in total. The summed E-state index contributed by atoms with van der Waals surface area (Å²) in [5.74, 6) is -0.679. The highest BCUT2D eigenvalue weighted by molar-refractivity contribution is 7.78. The monoisotopic (exact) mass is 212 g/mol. The van der Waals surface area contributed by atoms with Crippen LogP contribution in [0.2, 0.25) is 5.02 Å². The maximum Gasteiger partial charge on any atom is 0.152 e. The van der Waals surface area contributed by atoms with Crippen molar-refractivity contribution in [2.24, 2.45) is 4.99 Å². The predicted octanol–water partition coefficient (Wildman–Crippen LogP) is 3.09. The van der Waals surface area contributed by atoms with E-state index in [1.807, 2.05) is 5.16 Å². The van der Waals surface area contributed by atoms with Crippen LogP contribution in [0.15, 0.2) is 17.1 Å². The fraction of sp³-hybridized carbons (Fsp3) is 0. The first-order chi connectivity index (χ1) is 6.19. The lowest BCUT2D eigenvalue weighted by atomic mass is 10.2. The molecule has 1 aromatic carbocycles. The number of aliphatic imine (C=N–C) groups is 1. The summed E-state index contributed by atoms with van der Waals surface area (Å²) in [6.07, 6.45) is 0. The third-order valence-electron chi connectivity index (χ3n) is 1.30. The molecular weight excluding hydrogens is 211 g/mol. The largest absolute Gasteiger partial charge is 0.204 e. The van der Waals surface area contributed by atoms with Crippen LogP contribution in [0, 0.1) is 17.1 Å². The summed E-state index contributed by atoms with van der Waals surface area (Å²) >= 11 is 9.93. The molecule has 13 heavy (non-hydrogen) atoms. The molecule has 0 N–H and O–H groups in total. The van der Waals surface area contributed by atoms with Gasteiger partial charge in [-0.05, 0) is 24.4 Å². The maximum atomic E-state index is 13.1. The topological polar surface area (TPSA) is 36.1 Å². The molecule has 5 heteroatoms. The van der Waals surface area contributed by atoms with Gasteiger partial charge in [-0.2, -0.15) is 10.3 Å². The molecule has 0 atom stereocenters. The van der Waals surface area contributed by atoms with Crippen LogP contribution in [0.5, 0.6) is 0 Å². The zero-order chi connectivity index (χ0) is 9.84. The molecular formula is C8H2ClFN2S. The van der Waals surface area contributed by atoms with Crippen LogP contribution in [0.3, 0.4) is 0 Å². The summed E-state index contributed by atoms with van der Waals surface area (Å²) in [5, 5.41) is 10.5. The third-order valence-corrected chi connectivity index (χ3v) is 1.68. The highest BCUT2D eigenvalue weighted by Crippen LogP contribution is 2.28. The third kappa shape index (κ3) is 2.10. The first kappa shape index (κ1) is 9.82.